The molecule has 0 unspecified atom stereocenters. The second-order valence-corrected chi connectivity index (χ2v) is 2.95. The fourth-order valence-corrected chi connectivity index (χ4v) is 1.43. The average molecular weight is 193 g/mol. The van der Waals surface area contributed by atoms with Gasteiger partial charge in [-0.3, -0.25) is 4.98 Å². The average Bonchev–Trinajstić information content (AvgIpc) is 2.18. The Bertz CT molecular complexity index is 442. The van der Waals surface area contributed by atoms with Gasteiger partial charge >= 0.3 is 0 Å². The maximum atomic E-state index is 5.93. The quantitative estimate of drug-likeness (QED) is 0.693. The number of nitrogens with zero attached hydrogens (tertiary/aromatic N) is 1. The number of hydrogen-bond donors (Lipinski definition) is 0. The summed E-state index contributed by atoms with van der Waals surface area (Å²) in [5.74, 6) is 0.730. The monoisotopic (exact) mass is 192 g/mol. The number of rotatable bonds is 1. The molecule has 0 N–H and O–H groups in total. The number of aromatic nitrogens is 1. The highest BCUT2D eigenvalue weighted by molar-refractivity contribution is 6.35. The Hall–Kier alpha value is -1.28. The van der Waals surface area contributed by atoms with E-state index in [0.717, 1.165) is 16.7 Å². The third-order valence-corrected chi connectivity index (χ3v) is 2.15. The van der Waals surface area contributed by atoms with Crippen LogP contribution in [-0.4, -0.2) is 12.1 Å². The van der Waals surface area contributed by atoms with Gasteiger partial charge in [0.05, 0.1) is 12.1 Å². The Morgan fingerprint density at radius 3 is 3.08 bits per heavy atom. The summed E-state index contributed by atoms with van der Waals surface area (Å²) in [6.07, 6.45) is 1.55. The van der Waals surface area contributed by atoms with Gasteiger partial charge < -0.3 is 4.74 Å². The van der Waals surface area contributed by atoms with Crippen LogP contribution in [0.25, 0.3) is 10.9 Å². The van der Waals surface area contributed by atoms with Crippen molar-refractivity contribution in [3.63, 3.8) is 0 Å². The van der Waals surface area contributed by atoms with E-state index in [1.54, 1.807) is 13.3 Å². The van der Waals surface area contributed by atoms with Crippen molar-refractivity contribution in [2.75, 3.05) is 7.11 Å². The van der Waals surface area contributed by atoms with E-state index in [2.05, 4.69) is 11.1 Å². The van der Waals surface area contributed by atoms with Gasteiger partial charge in [0.1, 0.15) is 11.3 Å². The fraction of sp³-hybridized carbons (Fsp3) is 0.100. The fourth-order valence-electron chi connectivity index (χ4n) is 1.23. The van der Waals surface area contributed by atoms with Gasteiger partial charge in [0.15, 0.2) is 0 Å². The molecule has 1 aromatic heterocycles. The Morgan fingerprint density at radius 1 is 1.46 bits per heavy atom. The van der Waals surface area contributed by atoms with Gasteiger partial charge in [-0.05, 0) is 6.07 Å². The molecule has 0 bridgehead atoms. The molecule has 13 heavy (non-hydrogen) atoms. The maximum absolute atomic E-state index is 5.93. The van der Waals surface area contributed by atoms with Gasteiger partial charge in [0.2, 0.25) is 0 Å². The van der Waals surface area contributed by atoms with E-state index >= 15 is 0 Å². The lowest BCUT2D eigenvalue weighted by molar-refractivity contribution is 0.419. The normalized spacial score (nSPS) is 10.3. The van der Waals surface area contributed by atoms with E-state index in [1.165, 1.54) is 0 Å². The van der Waals surface area contributed by atoms with Gasteiger partial charge in [-0.2, -0.15) is 0 Å². The van der Waals surface area contributed by atoms with E-state index in [-0.39, 0.29) is 0 Å². The van der Waals surface area contributed by atoms with E-state index in [1.807, 2.05) is 18.2 Å². The van der Waals surface area contributed by atoms with Crippen LogP contribution in [0.2, 0.25) is 5.02 Å². The van der Waals surface area contributed by atoms with Crippen LogP contribution in [0.15, 0.2) is 24.4 Å². The number of ether oxygens (including phenoxy) is 1. The zero-order valence-electron chi connectivity index (χ0n) is 7.04. The standard InChI is InChI=1S/C10H7ClNO/c1-13-9-4-2-3-7-8(11)5-6-12-10(7)9/h2-4,6H,1H3. The molecule has 1 radical (unpaired) electrons. The lowest BCUT2D eigenvalue weighted by Crippen LogP contribution is -1.87. The summed E-state index contributed by atoms with van der Waals surface area (Å²) in [4.78, 5) is 4.15. The lowest BCUT2D eigenvalue weighted by Gasteiger charge is -2.03. The number of halogens is 1. The Kier molecular flexibility index (Phi) is 2.07. The van der Waals surface area contributed by atoms with Crippen molar-refractivity contribution in [2.45, 2.75) is 0 Å². The van der Waals surface area contributed by atoms with Crippen LogP contribution in [0.1, 0.15) is 0 Å². The molecule has 0 saturated heterocycles. The number of benzene rings is 1. The predicted octanol–water partition coefficient (Wildman–Crippen LogP) is 2.70. The number of para-hydroxylation sites is 1. The van der Waals surface area contributed by atoms with E-state index in [4.69, 9.17) is 16.3 Å². The van der Waals surface area contributed by atoms with Crippen molar-refractivity contribution in [3.8, 4) is 5.75 Å². The molecule has 1 aromatic carbocycles. The minimum atomic E-state index is 0.573. The highest BCUT2D eigenvalue weighted by atomic mass is 35.5. The number of methoxy groups -OCH3 is 1. The molecule has 2 aromatic rings. The van der Waals surface area contributed by atoms with E-state index in [0.29, 0.717) is 5.02 Å². The molecule has 65 valence electrons. The molecule has 2 rings (SSSR count). The first kappa shape index (κ1) is 8.32. The van der Waals surface area contributed by atoms with Crippen molar-refractivity contribution in [1.29, 1.82) is 0 Å². The summed E-state index contributed by atoms with van der Waals surface area (Å²) in [7, 11) is 1.61. The molecule has 0 saturated carbocycles. The first-order valence-corrected chi connectivity index (χ1v) is 4.19. The Balaban J connectivity index is 2.84. The largest absolute Gasteiger partial charge is 0.494 e. The number of pyridine rings is 1. The van der Waals surface area contributed by atoms with Crippen LogP contribution in [0.3, 0.4) is 0 Å². The highest BCUT2D eigenvalue weighted by Gasteiger charge is 2.03. The van der Waals surface area contributed by atoms with Crippen molar-refractivity contribution in [1.82, 2.24) is 4.98 Å². The minimum absolute atomic E-state index is 0.573. The van der Waals surface area contributed by atoms with Crippen LogP contribution in [0.4, 0.5) is 0 Å². The van der Waals surface area contributed by atoms with Crippen LogP contribution >= 0.6 is 11.6 Å². The van der Waals surface area contributed by atoms with Gasteiger partial charge in [0, 0.05) is 17.6 Å². The van der Waals surface area contributed by atoms with Crippen LogP contribution in [0.5, 0.6) is 5.75 Å². The third-order valence-electron chi connectivity index (χ3n) is 1.84. The van der Waals surface area contributed by atoms with Crippen molar-refractivity contribution in [3.05, 3.63) is 35.5 Å². The lowest BCUT2D eigenvalue weighted by atomic mass is 10.2. The SMILES string of the molecule is COc1cccc2c(Cl)[c]cnc12. The second kappa shape index (κ2) is 3.23. The topological polar surface area (TPSA) is 22.1 Å². The van der Waals surface area contributed by atoms with Crippen LogP contribution in [0, 0.1) is 6.07 Å². The molecular formula is C10H7ClNO. The molecule has 3 heteroatoms. The van der Waals surface area contributed by atoms with Crippen molar-refractivity contribution in [2.24, 2.45) is 0 Å². The summed E-state index contributed by atoms with van der Waals surface area (Å²) in [5.41, 5.74) is 0.772. The summed E-state index contributed by atoms with van der Waals surface area (Å²) in [6, 6.07) is 8.45. The zero-order valence-corrected chi connectivity index (χ0v) is 7.80. The smallest absolute Gasteiger partial charge is 0.145 e. The number of hydrogen-bond acceptors (Lipinski definition) is 2. The van der Waals surface area contributed by atoms with Gasteiger partial charge in [0.25, 0.3) is 0 Å². The summed E-state index contributed by atoms with van der Waals surface area (Å²) >= 11 is 5.93. The molecule has 0 atom stereocenters. The predicted molar refractivity (Wildman–Crippen MR) is 52.1 cm³/mol. The minimum Gasteiger partial charge on any atom is -0.494 e. The molecule has 0 aliphatic rings. The van der Waals surface area contributed by atoms with Crippen molar-refractivity contribution >= 4 is 22.5 Å². The number of fused-ring (bicyclic) bond motifs is 1. The summed E-state index contributed by atoms with van der Waals surface area (Å²) in [5, 5.41) is 1.44. The molecular weight excluding hydrogens is 186 g/mol. The third kappa shape index (κ3) is 1.33. The Labute approximate surface area is 81.1 Å². The van der Waals surface area contributed by atoms with E-state index < -0.39 is 0 Å². The van der Waals surface area contributed by atoms with Crippen LogP contribution < -0.4 is 4.74 Å². The first-order chi connectivity index (χ1) is 6.33. The highest BCUT2D eigenvalue weighted by Crippen LogP contribution is 2.27. The zero-order chi connectivity index (χ0) is 9.26. The summed E-state index contributed by atoms with van der Waals surface area (Å²) < 4.78 is 5.15. The van der Waals surface area contributed by atoms with Crippen LogP contribution in [-0.2, 0) is 0 Å². The molecule has 1 heterocycles. The maximum Gasteiger partial charge on any atom is 0.145 e. The Morgan fingerprint density at radius 2 is 2.31 bits per heavy atom. The van der Waals surface area contributed by atoms with Crippen molar-refractivity contribution < 1.29 is 4.74 Å². The molecule has 0 spiro atoms. The van der Waals surface area contributed by atoms with E-state index in [9.17, 15) is 0 Å². The molecule has 0 aliphatic carbocycles. The van der Waals surface area contributed by atoms with Gasteiger partial charge in [-0.15, -0.1) is 0 Å². The molecule has 0 amide bonds. The van der Waals surface area contributed by atoms with Gasteiger partial charge in [-0.25, -0.2) is 0 Å². The molecule has 0 fully saturated rings. The summed E-state index contributed by atoms with van der Waals surface area (Å²) in [6.45, 7) is 0. The molecule has 2 nitrogen and oxygen atoms in total. The second-order valence-electron chi connectivity index (χ2n) is 2.57. The van der Waals surface area contributed by atoms with Gasteiger partial charge in [-0.1, -0.05) is 23.7 Å². The molecule has 0 aliphatic heterocycles. The first-order valence-electron chi connectivity index (χ1n) is 3.82.